The first-order valence-electron chi connectivity index (χ1n) is 15.8. The van der Waals surface area contributed by atoms with Gasteiger partial charge in [-0.2, -0.15) is 0 Å². The Labute approximate surface area is 300 Å². The van der Waals surface area contributed by atoms with Gasteiger partial charge in [-0.25, -0.2) is 18.4 Å². The van der Waals surface area contributed by atoms with Crippen LogP contribution in [-0.4, -0.2) is 80.7 Å². The summed E-state index contributed by atoms with van der Waals surface area (Å²) in [6.45, 7) is 2.26. The van der Waals surface area contributed by atoms with E-state index in [4.69, 9.17) is 37.7 Å². The van der Waals surface area contributed by atoms with Crippen LogP contribution in [0.15, 0.2) is 60.7 Å². The van der Waals surface area contributed by atoms with Crippen LogP contribution in [0.4, 0.5) is 0 Å². The maximum atomic E-state index is 11.8. The summed E-state index contributed by atoms with van der Waals surface area (Å²) in [5.41, 5.74) is 5.51. The molecule has 2 aromatic heterocycles. The van der Waals surface area contributed by atoms with Gasteiger partial charge in [-0.05, 0) is 18.6 Å². The molecule has 3 N–H and O–H groups in total. The van der Waals surface area contributed by atoms with E-state index in [1.807, 2.05) is 53.3 Å². The molecule has 0 atom stereocenters. The van der Waals surface area contributed by atoms with E-state index in [-0.39, 0.29) is 24.5 Å². The topological polar surface area (TPSA) is 152 Å². The fourth-order valence-electron chi connectivity index (χ4n) is 6.45. The molecule has 0 bridgehead atoms. The Bertz CT molecular complexity index is 2070. The summed E-state index contributed by atoms with van der Waals surface area (Å²) >= 11 is 14.1. The maximum absolute atomic E-state index is 11.8. The summed E-state index contributed by atoms with van der Waals surface area (Å²) in [5.74, 6) is 0.279. The zero-order chi connectivity index (χ0) is 35.6. The summed E-state index contributed by atoms with van der Waals surface area (Å²) in [6.07, 6.45) is 2.37. The average molecular weight is 740 g/mol. The lowest BCUT2D eigenvalue weighted by Gasteiger charge is -2.48. The highest BCUT2D eigenvalue weighted by atomic mass is 35.5. The average Bonchev–Trinajstić information content (AvgIpc) is 3.46. The van der Waals surface area contributed by atoms with Gasteiger partial charge in [0.2, 0.25) is 33.6 Å². The smallest absolute Gasteiger partial charge is 0.247 e. The highest BCUT2D eigenvalue weighted by molar-refractivity contribution is 7.89. The number of rotatable bonds is 12. The van der Waals surface area contributed by atoms with Crippen LogP contribution in [-0.2, 0) is 32.7 Å². The Hall–Kier alpha value is -4.27. The van der Waals surface area contributed by atoms with E-state index in [1.54, 1.807) is 19.2 Å². The Balaban J connectivity index is 1.21. The van der Waals surface area contributed by atoms with Gasteiger partial charge in [0.1, 0.15) is 0 Å². The fourth-order valence-corrected chi connectivity index (χ4v) is 7.58. The zero-order valence-electron chi connectivity index (χ0n) is 27.7. The molecule has 15 heteroatoms. The third-order valence-corrected chi connectivity index (χ3v) is 10.1. The molecule has 0 unspecified atom stereocenters. The predicted molar refractivity (Wildman–Crippen MR) is 192 cm³/mol. The summed E-state index contributed by atoms with van der Waals surface area (Å²) in [4.78, 5) is 35.3. The maximum Gasteiger partial charge on any atom is 0.247 e. The van der Waals surface area contributed by atoms with Crippen molar-refractivity contribution in [1.82, 2.24) is 30.2 Å². The second kappa shape index (κ2) is 14.5. The van der Waals surface area contributed by atoms with Gasteiger partial charge >= 0.3 is 0 Å². The Kier molecular flexibility index (Phi) is 10.3. The molecule has 50 heavy (non-hydrogen) atoms. The quantitative estimate of drug-likeness (QED) is 0.190. The van der Waals surface area contributed by atoms with Crippen molar-refractivity contribution in [2.75, 3.05) is 40.1 Å². The van der Waals surface area contributed by atoms with Crippen molar-refractivity contribution in [3.63, 3.8) is 0 Å². The molecule has 2 aliphatic rings. The van der Waals surface area contributed by atoms with Crippen LogP contribution in [0, 0.1) is 0 Å². The van der Waals surface area contributed by atoms with Crippen LogP contribution in [0.1, 0.15) is 24.0 Å². The number of hydrogen-bond donors (Lipinski definition) is 3. The normalized spacial score (nSPS) is 15.4. The van der Waals surface area contributed by atoms with E-state index in [0.29, 0.717) is 74.0 Å². The van der Waals surface area contributed by atoms with E-state index in [0.717, 1.165) is 31.3 Å². The molecule has 0 aliphatic carbocycles. The second-order valence-electron chi connectivity index (χ2n) is 12.4. The molecule has 6 rings (SSSR count). The van der Waals surface area contributed by atoms with Gasteiger partial charge < -0.3 is 20.1 Å². The molecule has 4 heterocycles. The number of methoxy groups -OCH3 is 2. The second-order valence-corrected chi connectivity index (χ2v) is 14.9. The van der Waals surface area contributed by atoms with Crippen LogP contribution in [0.5, 0.6) is 11.8 Å². The molecular weight excluding hydrogens is 703 g/mol. The van der Waals surface area contributed by atoms with Gasteiger partial charge in [-0.15, -0.1) is 0 Å². The van der Waals surface area contributed by atoms with E-state index < -0.39 is 15.9 Å². The van der Waals surface area contributed by atoms with E-state index >= 15 is 0 Å². The highest BCUT2D eigenvalue weighted by Gasteiger charge is 2.47. The number of aromatic nitrogens is 2. The van der Waals surface area contributed by atoms with E-state index in [2.05, 4.69) is 20.5 Å². The number of pyridine rings is 2. The molecule has 0 saturated carbocycles. The number of carbonyl (C=O) groups is 2. The molecule has 2 saturated heterocycles. The summed E-state index contributed by atoms with van der Waals surface area (Å²) < 4.78 is 35.7. The Morgan fingerprint density at radius 3 is 1.94 bits per heavy atom. The van der Waals surface area contributed by atoms with Crippen molar-refractivity contribution >= 4 is 45.0 Å². The third kappa shape index (κ3) is 7.72. The number of likely N-dealkylation sites (tertiary alicyclic amines) is 1. The Morgan fingerprint density at radius 2 is 1.42 bits per heavy atom. The standard InChI is InChI=1S/C35H36Cl2N6O6S/c1-48-33-21(16-38-17-30(45)42-50(3,46)47)10-12-27(39-33)25-8-4-6-23(31(25)36)24-7-5-9-26(32(24)37)28-13-11-22(34(40-28)49-2)18-43-19-35(20-43)15-14-29(44)41-35/h4-13,38H,14-20H2,1-3H3,(H,41,44)(H,42,45). The lowest BCUT2D eigenvalue weighted by molar-refractivity contribution is -0.121. The van der Waals surface area contributed by atoms with Gasteiger partial charge in [0.05, 0.1) is 54.0 Å². The molecule has 262 valence electrons. The number of ether oxygens (including phenoxy) is 2. The Morgan fingerprint density at radius 1 is 0.880 bits per heavy atom. The minimum absolute atomic E-state index is 0.0991. The third-order valence-electron chi connectivity index (χ3n) is 8.69. The number of nitrogens with zero attached hydrogens (tertiary/aromatic N) is 3. The van der Waals surface area contributed by atoms with Gasteiger partial charge in [0.15, 0.2) is 0 Å². The van der Waals surface area contributed by atoms with Crippen LogP contribution >= 0.6 is 23.2 Å². The molecule has 1 spiro atoms. The van der Waals surface area contributed by atoms with Crippen molar-refractivity contribution in [1.29, 1.82) is 0 Å². The van der Waals surface area contributed by atoms with E-state index in [1.165, 1.54) is 7.11 Å². The van der Waals surface area contributed by atoms with Gasteiger partial charge in [-0.3, -0.25) is 19.2 Å². The van der Waals surface area contributed by atoms with Crippen LogP contribution in [0.25, 0.3) is 33.6 Å². The fraction of sp³-hybridized carbons (Fsp3) is 0.314. The number of hydrogen-bond acceptors (Lipinski definition) is 10. The van der Waals surface area contributed by atoms with Crippen molar-refractivity contribution in [3.8, 4) is 45.4 Å². The van der Waals surface area contributed by atoms with Gasteiger partial charge in [0, 0.05) is 66.0 Å². The first-order chi connectivity index (χ1) is 23.9. The van der Waals surface area contributed by atoms with Crippen molar-refractivity contribution in [2.24, 2.45) is 0 Å². The lowest BCUT2D eigenvalue weighted by atomic mass is 9.88. The number of amides is 2. The SMILES string of the molecule is COc1nc(-c2cccc(-c3cccc(-c4ccc(CN5CC6(CCC(=O)N6)C5)c(OC)n4)c3Cl)c2Cl)ccc1CNCC(=O)NS(C)(=O)=O. The van der Waals surface area contributed by atoms with E-state index in [9.17, 15) is 18.0 Å². The highest BCUT2D eigenvalue weighted by Crippen LogP contribution is 2.42. The molecule has 0 radical (unpaired) electrons. The summed E-state index contributed by atoms with van der Waals surface area (Å²) in [7, 11) is -0.557. The summed E-state index contributed by atoms with van der Waals surface area (Å²) in [6, 6.07) is 18.8. The van der Waals surface area contributed by atoms with Crippen LogP contribution in [0.2, 0.25) is 10.0 Å². The number of nitrogens with one attached hydrogen (secondary N) is 3. The van der Waals surface area contributed by atoms with Crippen molar-refractivity contribution < 1.29 is 27.5 Å². The largest absolute Gasteiger partial charge is 0.481 e. The molecule has 2 aliphatic heterocycles. The molecular formula is C35H36Cl2N6O6S. The molecule has 2 amide bonds. The van der Waals surface area contributed by atoms with Gasteiger partial charge in [0.25, 0.3) is 0 Å². The first-order valence-corrected chi connectivity index (χ1v) is 18.4. The molecule has 12 nitrogen and oxygen atoms in total. The lowest BCUT2D eigenvalue weighted by Crippen LogP contribution is -2.66. The van der Waals surface area contributed by atoms with Gasteiger partial charge in [-0.1, -0.05) is 71.7 Å². The predicted octanol–water partition coefficient (Wildman–Crippen LogP) is 4.43. The monoisotopic (exact) mass is 738 g/mol. The van der Waals surface area contributed by atoms with Crippen LogP contribution < -0.4 is 24.8 Å². The number of halogens is 2. The number of benzene rings is 2. The molecule has 4 aromatic rings. The minimum atomic E-state index is -3.64. The van der Waals surface area contributed by atoms with Crippen molar-refractivity contribution in [2.45, 2.75) is 31.5 Å². The number of sulfonamides is 1. The number of carbonyl (C=O) groups excluding carboxylic acids is 2. The first kappa shape index (κ1) is 35.6. The van der Waals surface area contributed by atoms with Crippen LogP contribution in [0.3, 0.4) is 0 Å². The zero-order valence-corrected chi connectivity index (χ0v) is 30.0. The van der Waals surface area contributed by atoms with Crippen molar-refractivity contribution in [3.05, 3.63) is 81.8 Å². The molecule has 2 aromatic carbocycles. The summed E-state index contributed by atoms with van der Waals surface area (Å²) in [5, 5.41) is 6.93. The molecule has 2 fully saturated rings. The minimum Gasteiger partial charge on any atom is -0.481 e.